The minimum Gasteiger partial charge on any atom is -0.481 e. The van der Waals surface area contributed by atoms with Gasteiger partial charge < -0.3 is 5.11 Å². The summed E-state index contributed by atoms with van der Waals surface area (Å²) >= 11 is 1.24. The number of aryl methyl sites for hydroxylation is 4. The van der Waals surface area contributed by atoms with Crippen LogP contribution in [0.25, 0.3) is 5.69 Å². The molecule has 20 heavy (non-hydrogen) atoms. The molecule has 0 aliphatic heterocycles. The molecule has 0 amide bonds. The van der Waals surface area contributed by atoms with E-state index < -0.39 is 5.97 Å². The van der Waals surface area contributed by atoms with Gasteiger partial charge in [-0.1, -0.05) is 29.5 Å². The van der Waals surface area contributed by atoms with Gasteiger partial charge in [-0.3, -0.25) is 9.36 Å². The molecule has 0 bridgehead atoms. The molecule has 2 rings (SSSR count). The zero-order chi connectivity index (χ0) is 14.9. The maximum absolute atomic E-state index is 10.7. The maximum atomic E-state index is 10.7. The number of aromatic nitrogens is 2. The van der Waals surface area contributed by atoms with Crippen LogP contribution < -0.4 is 0 Å². The van der Waals surface area contributed by atoms with Crippen molar-refractivity contribution < 1.29 is 9.90 Å². The van der Waals surface area contributed by atoms with Crippen molar-refractivity contribution in [3.8, 4) is 5.69 Å². The second-order valence-corrected chi connectivity index (χ2v) is 5.91. The highest BCUT2D eigenvalue weighted by Gasteiger charge is 2.14. The molecule has 1 heterocycles. The Morgan fingerprint density at radius 1 is 1.25 bits per heavy atom. The summed E-state index contributed by atoms with van der Waals surface area (Å²) in [6.07, 6.45) is 1.95. The Morgan fingerprint density at radius 3 is 2.40 bits per heavy atom. The molecule has 0 atom stereocenters. The number of hydrogen-bond acceptors (Lipinski definition) is 3. The topological polar surface area (TPSA) is 55.1 Å². The van der Waals surface area contributed by atoms with E-state index in [0.717, 1.165) is 27.7 Å². The molecule has 0 saturated carbocycles. The fraction of sp³-hybridized carbons (Fsp3) is 0.333. The Bertz CT molecular complexity index is 639. The van der Waals surface area contributed by atoms with Crippen molar-refractivity contribution >= 4 is 17.7 Å². The number of imidazole rings is 1. The maximum Gasteiger partial charge on any atom is 0.313 e. The lowest BCUT2D eigenvalue weighted by molar-refractivity contribution is -0.133. The van der Waals surface area contributed by atoms with E-state index in [0.29, 0.717) is 0 Å². The number of aliphatic carboxylic acids is 1. The van der Waals surface area contributed by atoms with Gasteiger partial charge in [0.2, 0.25) is 0 Å². The first-order valence-electron chi connectivity index (χ1n) is 6.37. The smallest absolute Gasteiger partial charge is 0.313 e. The minimum atomic E-state index is -0.834. The number of carboxylic acids is 1. The first-order valence-corrected chi connectivity index (χ1v) is 7.36. The van der Waals surface area contributed by atoms with Crippen molar-refractivity contribution in [2.24, 2.45) is 0 Å². The molecule has 1 aromatic carbocycles. The third-order valence-electron chi connectivity index (χ3n) is 3.00. The predicted molar refractivity (Wildman–Crippen MR) is 80.9 cm³/mol. The van der Waals surface area contributed by atoms with Gasteiger partial charge in [0, 0.05) is 6.20 Å². The van der Waals surface area contributed by atoms with E-state index in [1.165, 1.54) is 17.3 Å². The first-order chi connectivity index (χ1) is 9.38. The Balaban J connectivity index is 2.50. The van der Waals surface area contributed by atoms with Gasteiger partial charge in [0.1, 0.15) is 0 Å². The van der Waals surface area contributed by atoms with Crippen LogP contribution in [-0.4, -0.2) is 26.4 Å². The van der Waals surface area contributed by atoms with Crippen molar-refractivity contribution in [1.82, 2.24) is 9.55 Å². The first kappa shape index (κ1) is 14.7. The van der Waals surface area contributed by atoms with E-state index in [-0.39, 0.29) is 5.75 Å². The molecule has 1 N–H and O–H groups in total. The summed E-state index contributed by atoms with van der Waals surface area (Å²) in [6.45, 7) is 8.12. The standard InChI is InChI=1S/C15H18N2O2S/c1-9-5-10(2)14(11(3)6-9)17-7-12(4)16-15(17)20-8-13(18)19/h5-7H,8H2,1-4H3,(H,18,19). The van der Waals surface area contributed by atoms with E-state index in [4.69, 9.17) is 5.11 Å². The molecule has 106 valence electrons. The number of carbonyl (C=O) groups is 1. The summed E-state index contributed by atoms with van der Waals surface area (Å²) in [5.74, 6) is -0.819. The summed E-state index contributed by atoms with van der Waals surface area (Å²) in [5, 5.41) is 9.55. The summed E-state index contributed by atoms with van der Waals surface area (Å²) in [6, 6.07) is 4.26. The molecule has 0 aliphatic carbocycles. The van der Waals surface area contributed by atoms with E-state index in [2.05, 4.69) is 37.9 Å². The van der Waals surface area contributed by atoms with Gasteiger partial charge in [-0.05, 0) is 38.8 Å². The minimum absolute atomic E-state index is 0.0143. The fourth-order valence-electron chi connectivity index (χ4n) is 2.42. The van der Waals surface area contributed by atoms with Crippen LogP contribution in [0, 0.1) is 27.7 Å². The summed E-state index contributed by atoms with van der Waals surface area (Å²) in [7, 11) is 0. The molecular formula is C15H18N2O2S. The van der Waals surface area contributed by atoms with Gasteiger partial charge in [-0.25, -0.2) is 4.98 Å². The molecule has 0 fully saturated rings. The third kappa shape index (κ3) is 3.04. The van der Waals surface area contributed by atoms with E-state index in [1.807, 2.05) is 17.7 Å². The zero-order valence-corrected chi connectivity index (χ0v) is 12.9. The average molecular weight is 290 g/mol. The summed E-state index contributed by atoms with van der Waals surface area (Å²) in [5.41, 5.74) is 5.52. The lowest BCUT2D eigenvalue weighted by atomic mass is 10.1. The van der Waals surface area contributed by atoms with Crippen molar-refractivity contribution in [1.29, 1.82) is 0 Å². The zero-order valence-electron chi connectivity index (χ0n) is 12.1. The largest absolute Gasteiger partial charge is 0.481 e. The summed E-state index contributed by atoms with van der Waals surface area (Å²) < 4.78 is 1.99. The van der Waals surface area contributed by atoms with Crippen LogP contribution in [0.1, 0.15) is 22.4 Å². The molecule has 0 unspecified atom stereocenters. The molecule has 4 nitrogen and oxygen atoms in total. The van der Waals surface area contributed by atoms with Crippen molar-refractivity contribution in [3.63, 3.8) is 0 Å². The van der Waals surface area contributed by atoms with Crippen LogP contribution >= 0.6 is 11.8 Å². The van der Waals surface area contributed by atoms with Gasteiger partial charge in [0.25, 0.3) is 0 Å². The number of carboxylic acid groups (broad SMARTS) is 1. The SMILES string of the molecule is Cc1cc(C)c(-n2cc(C)nc2SCC(=O)O)c(C)c1. The van der Waals surface area contributed by atoms with Crippen LogP contribution in [0.3, 0.4) is 0 Å². The van der Waals surface area contributed by atoms with Gasteiger partial charge >= 0.3 is 5.97 Å². The molecule has 1 aromatic heterocycles. The number of nitrogens with zero attached hydrogens (tertiary/aromatic N) is 2. The average Bonchev–Trinajstić information content (AvgIpc) is 2.66. The molecule has 0 aliphatic rings. The van der Waals surface area contributed by atoms with Crippen LogP contribution in [0.2, 0.25) is 0 Å². The van der Waals surface area contributed by atoms with Gasteiger partial charge in [0.05, 0.1) is 17.1 Å². The number of rotatable bonds is 4. The van der Waals surface area contributed by atoms with Crippen molar-refractivity contribution in [2.45, 2.75) is 32.9 Å². The quantitative estimate of drug-likeness (QED) is 0.878. The number of benzene rings is 1. The van der Waals surface area contributed by atoms with Crippen LogP contribution in [0.15, 0.2) is 23.5 Å². The van der Waals surface area contributed by atoms with E-state index >= 15 is 0 Å². The Labute approximate surface area is 122 Å². The highest BCUT2D eigenvalue weighted by atomic mass is 32.2. The molecule has 0 saturated heterocycles. The number of thioether (sulfide) groups is 1. The molecule has 5 heteroatoms. The number of hydrogen-bond donors (Lipinski definition) is 1. The fourth-order valence-corrected chi connectivity index (χ4v) is 3.16. The Hall–Kier alpha value is -1.75. The Kier molecular flexibility index (Phi) is 4.18. The monoisotopic (exact) mass is 290 g/mol. The van der Waals surface area contributed by atoms with Crippen molar-refractivity contribution in [3.05, 3.63) is 40.7 Å². The predicted octanol–water partition coefficient (Wildman–Crippen LogP) is 3.28. The Morgan fingerprint density at radius 2 is 1.85 bits per heavy atom. The highest BCUT2D eigenvalue weighted by Crippen LogP contribution is 2.27. The molecule has 0 spiro atoms. The second-order valence-electron chi connectivity index (χ2n) is 4.96. The van der Waals surface area contributed by atoms with Crippen LogP contribution in [-0.2, 0) is 4.79 Å². The normalized spacial score (nSPS) is 10.8. The molecule has 2 aromatic rings. The van der Waals surface area contributed by atoms with Gasteiger partial charge in [-0.2, -0.15) is 0 Å². The second kappa shape index (κ2) is 5.71. The highest BCUT2D eigenvalue weighted by molar-refractivity contribution is 7.99. The molecule has 0 radical (unpaired) electrons. The van der Waals surface area contributed by atoms with Crippen LogP contribution in [0.5, 0.6) is 0 Å². The van der Waals surface area contributed by atoms with Gasteiger partial charge in [0.15, 0.2) is 5.16 Å². The van der Waals surface area contributed by atoms with Crippen molar-refractivity contribution in [2.75, 3.05) is 5.75 Å². The van der Waals surface area contributed by atoms with E-state index in [9.17, 15) is 4.79 Å². The van der Waals surface area contributed by atoms with E-state index in [1.54, 1.807) is 0 Å². The van der Waals surface area contributed by atoms with Crippen LogP contribution in [0.4, 0.5) is 0 Å². The lowest BCUT2D eigenvalue weighted by Crippen LogP contribution is -2.04. The third-order valence-corrected chi connectivity index (χ3v) is 3.93. The lowest BCUT2D eigenvalue weighted by Gasteiger charge is -2.14. The van der Waals surface area contributed by atoms with Gasteiger partial charge in [-0.15, -0.1) is 0 Å². The summed E-state index contributed by atoms with van der Waals surface area (Å²) in [4.78, 5) is 15.2. The molecular weight excluding hydrogens is 272 g/mol.